The number of carboxylic acid groups (broad SMARTS) is 1. The van der Waals surface area contributed by atoms with Gasteiger partial charge in [0.1, 0.15) is 17.6 Å². The zero-order valence-corrected chi connectivity index (χ0v) is 14.0. The number of ether oxygens (including phenoxy) is 2. The molecule has 1 saturated heterocycles. The van der Waals surface area contributed by atoms with Gasteiger partial charge in [-0.1, -0.05) is 6.07 Å². The third-order valence-corrected chi connectivity index (χ3v) is 4.06. The second-order valence-corrected chi connectivity index (χ2v) is 5.89. The Kier molecular flexibility index (Phi) is 5.36. The number of pyridine rings is 1. The molecule has 0 saturated carbocycles. The smallest absolute Gasteiger partial charge is 0.465 e. The minimum Gasteiger partial charge on any atom is -0.465 e. The molecule has 6 nitrogen and oxygen atoms in total. The maximum atomic E-state index is 14.4. The highest BCUT2D eigenvalue weighted by Crippen LogP contribution is 2.35. The maximum Gasteiger partial charge on any atom is 0.573 e. The van der Waals surface area contributed by atoms with Gasteiger partial charge in [-0.05, 0) is 29.8 Å². The number of nitrogens with zero attached hydrogens (tertiary/aromatic N) is 2. The normalized spacial score (nSPS) is 15.6. The van der Waals surface area contributed by atoms with E-state index in [1.165, 1.54) is 12.3 Å². The lowest BCUT2D eigenvalue weighted by molar-refractivity contribution is -0.275. The molecule has 1 amide bonds. The molecule has 1 aliphatic rings. The van der Waals surface area contributed by atoms with E-state index in [9.17, 15) is 31.9 Å². The van der Waals surface area contributed by atoms with E-state index in [1.54, 1.807) is 0 Å². The molecule has 0 aliphatic carbocycles. The molecule has 3 rings (SSSR count). The zero-order chi connectivity index (χ0) is 20.5. The molecule has 2 aromatic rings. The fourth-order valence-electron chi connectivity index (χ4n) is 2.81. The first-order chi connectivity index (χ1) is 13.2. The predicted octanol–water partition coefficient (Wildman–Crippen LogP) is 3.73. The van der Waals surface area contributed by atoms with Crippen LogP contribution >= 0.6 is 0 Å². The van der Waals surface area contributed by atoms with E-state index < -0.39 is 41.9 Å². The average molecular weight is 404 g/mol. The monoisotopic (exact) mass is 404 g/mol. The molecule has 11 heteroatoms. The molecule has 2 heterocycles. The highest BCUT2D eigenvalue weighted by atomic mass is 19.4. The van der Waals surface area contributed by atoms with Crippen LogP contribution in [0.3, 0.4) is 0 Å². The van der Waals surface area contributed by atoms with E-state index in [0.29, 0.717) is 12.1 Å². The van der Waals surface area contributed by atoms with E-state index >= 15 is 0 Å². The Morgan fingerprint density at radius 1 is 1.25 bits per heavy atom. The van der Waals surface area contributed by atoms with Gasteiger partial charge in [0.2, 0.25) is 0 Å². The minimum atomic E-state index is -5.11. The molecular weight excluding hydrogens is 391 g/mol. The lowest BCUT2D eigenvalue weighted by Gasteiger charge is -2.40. The van der Waals surface area contributed by atoms with Crippen LogP contribution in [0.25, 0.3) is 0 Å². The van der Waals surface area contributed by atoms with Gasteiger partial charge < -0.3 is 14.6 Å². The highest BCUT2D eigenvalue weighted by molar-refractivity contribution is 5.67. The van der Waals surface area contributed by atoms with Crippen molar-refractivity contribution in [2.45, 2.75) is 18.4 Å². The summed E-state index contributed by atoms with van der Waals surface area (Å²) < 4.78 is 74.1. The average Bonchev–Trinajstić information content (AvgIpc) is 2.55. The Hall–Kier alpha value is -2.95. The van der Waals surface area contributed by atoms with Crippen LogP contribution in [0.2, 0.25) is 0 Å². The Morgan fingerprint density at radius 2 is 1.96 bits per heavy atom. The van der Waals surface area contributed by atoms with Gasteiger partial charge in [-0.3, -0.25) is 9.88 Å². The van der Waals surface area contributed by atoms with Gasteiger partial charge in [-0.25, -0.2) is 13.6 Å². The first-order valence-corrected chi connectivity index (χ1v) is 7.92. The number of halogens is 5. The molecule has 1 aromatic carbocycles. The van der Waals surface area contributed by atoms with Crippen molar-refractivity contribution in [1.29, 1.82) is 0 Å². The number of benzene rings is 1. The van der Waals surface area contributed by atoms with Crippen molar-refractivity contribution in [2.24, 2.45) is 0 Å². The van der Waals surface area contributed by atoms with Gasteiger partial charge in [0.25, 0.3) is 0 Å². The highest BCUT2D eigenvalue weighted by Gasteiger charge is 2.39. The van der Waals surface area contributed by atoms with Crippen LogP contribution in [-0.2, 0) is 4.74 Å². The second-order valence-electron chi connectivity index (χ2n) is 5.89. The van der Waals surface area contributed by atoms with Crippen LogP contribution in [0, 0.1) is 11.6 Å². The van der Waals surface area contributed by atoms with Gasteiger partial charge in [-0.15, -0.1) is 13.2 Å². The minimum absolute atomic E-state index is 0.0367. The third kappa shape index (κ3) is 4.14. The van der Waals surface area contributed by atoms with E-state index in [0.717, 1.165) is 17.0 Å². The quantitative estimate of drug-likeness (QED) is 0.769. The summed E-state index contributed by atoms with van der Waals surface area (Å²) in [6.07, 6.45) is -5.33. The molecule has 1 aliphatic heterocycles. The Bertz CT molecular complexity index is 873. The SMILES string of the molecule is O=C(O)N(C1COC1)[C@@H](c1ccc(OC(F)(F)F)c(F)c1)c1ncccc1F. The summed E-state index contributed by atoms with van der Waals surface area (Å²) in [5, 5.41) is 9.62. The fraction of sp³-hybridized carbons (Fsp3) is 0.294. The lowest BCUT2D eigenvalue weighted by atomic mass is 9.98. The first-order valence-electron chi connectivity index (χ1n) is 7.92. The van der Waals surface area contributed by atoms with Gasteiger partial charge in [0, 0.05) is 6.20 Å². The summed E-state index contributed by atoms with van der Waals surface area (Å²) in [5.41, 5.74) is -0.431. The molecule has 0 spiro atoms. The predicted molar refractivity (Wildman–Crippen MR) is 83.6 cm³/mol. The summed E-state index contributed by atoms with van der Waals surface area (Å²) >= 11 is 0. The first kappa shape index (κ1) is 19.8. The molecular formula is C17H13F5N2O4. The number of aromatic nitrogens is 1. The topological polar surface area (TPSA) is 71.9 Å². The number of hydrogen-bond acceptors (Lipinski definition) is 4. The molecule has 28 heavy (non-hydrogen) atoms. The molecule has 0 radical (unpaired) electrons. The standard InChI is InChI=1S/C17H13F5N2O4/c18-11-2-1-5-23-14(11)15(24(16(25)26)10-7-27-8-10)9-3-4-13(12(19)6-9)28-17(20,21)22/h1-6,10,15H,7-8H2,(H,25,26)/t15-/m0/s1. The van der Waals surface area contributed by atoms with Gasteiger partial charge >= 0.3 is 12.5 Å². The zero-order valence-electron chi connectivity index (χ0n) is 14.0. The van der Waals surface area contributed by atoms with Crippen LogP contribution in [0.15, 0.2) is 36.5 Å². The third-order valence-electron chi connectivity index (χ3n) is 4.06. The van der Waals surface area contributed by atoms with E-state index in [4.69, 9.17) is 4.74 Å². The number of hydrogen-bond donors (Lipinski definition) is 1. The van der Waals surface area contributed by atoms with E-state index in [2.05, 4.69) is 9.72 Å². The van der Waals surface area contributed by atoms with Crippen molar-refractivity contribution in [3.05, 3.63) is 59.4 Å². The Morgan fingerprint density at radius 3 is 2.46 bits per heavy atom. The van der Waals surface area contributed by atoms with Crippen LogP contribution in [0.4, 0.5) is 26.7 Å². The van der Waals surface area contributed by atoms with Crippen LogP contribution in [-0.4, -0.2) is 46.7 Å². The molecule has 1 atom stereocenters. The maximum absolute atomic E-state index is 14.4. The molecule has 0 bridgehead atoms. The Balaban J connectivity index is 2.08. The van der Waals surface area contributed by atoms with Crippen molar-refractivity contribution in [3.63, 3.8) is 0 Å². The van der Waals surface area contributed by atoms with Gasteiger partial charge in [-0.2, -0.15) is 0 Å². The van der Waals surface area contributed by atoms with Crippen LogP contribution in [0.5, 0.6) is 5.75 Å². The lowest BCUT2D eigenvalue weighted by Crippen LogP contribution is -2.53. The molecule has 150 valence electrons. The molecule has 1 aromatic heterocycles. The van der Waals surface area contributed by atoms with Crippen molar-refractivity contribution < 1.29 is 41.3 Å². The largest absolute Gasteiger partial charge is 0.573 e. The van der Waals surface area contributed by atoms with Gasteiger partial charge in [0.15, 0.2) is 11.6 Å². The fourth-order valence-corrected chi connectivity index (χ4v) is 2.81. The summed E-state index contributed by atoms with van der Waals surface area (Å²) in [6.45, 7) is 0.0734. The summed E-state index contributed by atoms with van der Waals surface area (Å²) in [4.78, 5) is 16.5. The van der Waals surface area contributed by atoms with E-state index in [1.807, 2.05) is 0 Å². The number of alkyl halides is 3. The summed E-state index contributed by atoms with van der Waals surface area (Å²) in [5.74, 6) is -3.33. The van der Waals surface area contributed by atoms with Crippen molar-refractivity contribution >= 4 is 6.09 Å². The molecule has 1 fully saturated rings. The van der Waals surface area contributed by atoms with Crippen LogP contribution in [0.1, 0.15) is 17.3 Å². The van der Waals surface area contributed by atoms with E-state index in [-0.39, 0.29) is 24.5 Å². The molecule has 0 unspecified atom stereocenters. The Labute approximate surface area is 155 Å². The molecule has 1 N–H and O–H groups in total. The number of rotatable bonds is 5. The van der Waals surface area contributed by atoms with Gasteiger partial charge in [0.05, 0.1) is 19.3 Å². The van der Waals surface area contributed by atoms with Crippen molar-refractivity contribution in [1.82, 2.24) is 9.88 Å². The summed E-state index contributed by atoms with van der Waals surface area (Å²) in [7, 11) is 0. The number of amides is 1. The van der Waals surface area contributed by atoms with Crippen molar-refractivity contribution in [2.75, 3.05) is 13.2 Å². The number of carbonyl (C=O) groups is 1. The summed E-state index contributed by atoms with van der Waals surface area (Å²) in [6, 6.07) is 2.66. The van der Waals surface area contributed by atoms with Crippen LogP contribution < -0.4 is 4.74 Å². The second kappa shape index (κ2) is 7.58. The van der Waals surface area contributed by atoms with Crippen molar-refractivity contribution in [3.8, 4) is 5.75 Å².